The molecular weight excluding hydrogens is 304 g/mol. The van der Waals surface area contributed by atoms with Gasteiger partial charge in [0.15, 0.2) is 0 Å². The van der Waals surface area contributed by atoms with Gasteiger partial charge in [-0.1, -0.05) is 31.2 Å². The molecule has 0 unspecified atom stereocenters. The number of hydrogen-bond donors (Lipinski definition) is 2. The maximum atomic E-state index is 12.7. The van der Waals surface area contributed by atoms with Gasteiger partial charge in [0.2, 0.25) is 0 Å². The molecule has 128 valence electrons. The molecule has 0 aromatic heterocycles. The first-order valence-corrected chi connectivity index (χ1v) is 8.66. The Hall–Kier alpha value is -2.30. The van der Waals surface area contributed by atoms with Crippen LogP contribution in [-0.4, -0.2) is 18.1 Å². The molecule has 0 saturated heterocycles. The van der Waals surface area contributed by atoms with E-state index in [0.717, 1.165) is 37.7 Å². The topological polar surface area (TPSA) is 67.4 Å². The molecule has 2 aliphatic rings. The molecule has 0 spiro atoms. The highest BCUT2D eigenvalue weighted by Crippen LogP contribution is 2.30. The van der Waals surface area contributed by atoms with Gasteiger partial charge in [-0.15, -0.1) is 0 Å². The van der Waals surface area contributed by atoms with Crippen LogP contribution in [0.2, 0.25) is 0 Å². The standard InChI is InChI=1S/C19H24N2O3/c1-3-13-8-10-14(11-9-13)17-16(12(2)20-19(23)21-17)18(22)24-15-6-4-5-7-15/h8-11,15,17H,3-7H2,1-2H3,(H2,20,21,23)/t17-/m0/s1. The fraction of sp³-hybridized carbons (Fsp3) is 0.474. The van der Waals surface area contributed by atoms with E-state index in [9.17, 15) is 9.59 Å². The van der Waals surface area contributed by atoms with E-state index in [1.54, 1.807) is 6.92 Å². The lowest BCUT2D eigenvalue weighted by Gasteiger charge is -2.29. The molecule has 0 bridgehead atoms. The Bertz CT molecular complexity index is 658. The van der Waals surface area contributed by atoms with Crippen LogP contribution in [0.15, 0.2) is 35.5 Å². The molecule has 0 radical (unpaired) electrons. The minimum atomic E-state index is -0.474. The number of amides is 2. The van der Waals surface area contributed by atoms with Crippen molar-refractivity contribution in [3.8, 4) is 0 Å². The van der Waals surface area contributed by atoms with E-state index >= 15 is 0 Å². The second kappa shape index (κ2) is 7.07. The Labute approximate surface area is 142 Å². The molecule has 3 rings (SSSR count). The maximum absolute atomic E-state index is 12.7. The number of nitrogens with one attached hydrogen (secondary N) is 2. The van der Waals surface area contributed by atoms with Crippen LogP contribution >= 0.6 is 0 Å². The zero-order valence-corrected chi connectivity index (χ0v) is 14.2. The number of aryl methyl sites for hydroxylation is 1. The molecule has 1 heterocycles. The van der Waals surface area contributed by atoms with Gasteiger partial charge in [0.25, 0.3) is 0 Å². The number of benzene rings is 1. The molecule has 2 amide bonds. The lowest BCUT2D eigenvalue weighted by atomic mass is 9.94. The van der Waals surface area contributed by atoms with Crippen LogP contribution in [0.3, 0.4) is 0 Å². The van der Waals surface area contributed by atoms with Crippen LogP contribution in [-0.2, 0) is 16.0 Å². The molecule has 1 aromatic rings. The predicted octanol–water partition coefficient (Wildman–Crippen LogP) is 3.36. The van der Waals surface area contributed by atoms with Crippen LogP contribution in [0.5, 0.6) is 0 Å². The number of carbonyl (C=O) groups excluding carboxylic acids is 2. The summed E-state index contributed by atoms with van der Waals surface area (Å²) < 4.78 is 5.66. The number of urea groups is 1. The van der Waals surface area contributed by atoms with E-state index in [1.165, 1.54) is 5.56 Å². The summed E-state index contributed by atoms with van der Waals surface area (Å²) in [7, 11) is 0. The van der Waals surface area contributed by atoms with E-state index in [-0.39, 0.29) is 18.1 Å². The summed E-state index contributed by atoms with van der Waals surface area (Å²) in [6.45, 7) is 3.84. The molecule has 24 heavy (non-hydrogen) atoms. The third-order valence-corrected chi connectivity index (χ3v) is 4.79. The molecule has 1 aliphatic heterocycles. The number of rotatable bonds is 4. The van der Waals surface area contributed by atoms with Crippen LogP contribution in [0.4, 0.5) is 4.79 Å². The predicted molar refractivity (Wildman–Crippen MR) is 91.3 cm³/mol. The Morgan fingerprint density at radius 2 is 1.88 bits per heavy atom. The number of allylic oxidation sites excluding steroid dienone is 1. The molecule has 5 heteroatoms. The van der Waals surface area contributed by atoms with E-state index in [0.29, 0.717) is 11.3 Å². The molecule has 2 N–H and O–H groups in total. The van der Waals surface area contributed by atoms with Crippen molar-refractivity contribution in [3.63, 3.8) is 0 Å². The molecule has 5 nitrogen and oxygen atoms in total. The second-order valence-electron chi connectivity index (χ2n) is 6.48. The highest BCUT2D eigenvalue weighted by molar-refractivity contribution is 5.95. The number of carbonyl (C=O) groups is 2. The quantitative estimate of drug-likeness (QED) is 0.833. The van der Waals surface area contributed by atoms with Gasteiger partial charge in [-0.05, 0) is 50.2 Å². The lowest BCUT2D eigenvalue weighted by Crippen LogP contribution is -2.45. The molecule has 1 atom stereocenters. The van der Waals surface area contributed by atoms with Crippen molar-refractivity contribution >= 4 is 12.0 Å². The Morgan fingerprint density at radius 3 is 2.50 bits per heavy atom. The normalized spacial score (nSPS) is 21.4. The maximum Gasteiger partial charge on any atom is 0.338 e. The summed E-state index contributed by atoms with van der Waals surface area (Å²) in [5.74, 6) is -0.337. The fourth-order valence-corrected chi connectivity index (χ4v) is 3.38. The van der Waals surface area contributed by atoms with Crippen molar-refractivity contribution in [2.75, 3.05) is 0 Å². The van der Waals surface area contributed by atoms with Gasteiger partial charge in [0.05, 0.1) is 11.6 Å². The molecule has 1 aromatic carbocycles. The molecule has 1 saturated carbocycles. The van der Waals surface area contributed by atoms with Crippen molar-refractivity contribution in [2.24, 2.45) is 0 Å². The van der Waals surface area contributed by atoms with Crippen LogP contribution < -0.4 is 10.6 Å². The minimum absolute atomic E-state index is 0.00135. The van der Waals surface area contributed by atoms with Crippen LogP contribution in [0.1, 0.15) is 56.7 Å². The van der Waals surface area contributed by atoms with Gasteiger partial charge in [-0.25, -0.2) is 9.59 Å². The van der Waals surface area contributed by atoms with E-state index in [2.05, 4.69) is 17.6 Å². The SMILES string of the molecule is CCc1ccc([C@@H]2NC(=O)NC(C)=C2C(=O)OC2CCCC2)cc1. The third-order valence-electron chi connectivity index (χ3n) is 4.79. The minimum Gasteiger partial charge on any atom is -0.459 e. The van der Waals surface area contributed by atoms with Crippen LogP contribution in [0.25, 0.3) is 0 Å². The molecule has 1 aliphatic carbocycles. The van der Waals surface area contributed by atoms with Gasteiger partial charge >= 0.3 is 12.0 Å². The highest BCUT2D eigenvalue weighted by atomic mass is 16.5. The van der Waals surface area contributed by atoms with Crippen molar-refractivity contribution in [1.29, 1.82) is 0 Å². The summed E-state index contributed by atoms with van der Waals surface area (Å²) >= 11 is 0. The fourth-order valence-electron chi connectivity index (χ4n) is 3.38. The summed E-state index contributed by atoms with van der Waals surface area (Å²) in [6.07, 6.45) is 5.00. The van der Waals surface area contributed by atoms with Gasteiger partial charge in [0, 0.05) is 5.70 Å². The number of hydrogen-bond acceptors (Lipinski definition) is 3. The first-order chi connectivity index (χ1) is 11.6. The van der Waals surface area contributed by atoms with Crippen molar-refractivity contribution in [2.45, 2.75) is 58.1 Å². The smallest absolute Gasteiger partial charge is 0.338 e. The monoisotopic (exact) mass is 328 g/mol. The van der Waals surface area contributed by atoms with Gasteiger partial charge in [-0.3, -0.25) is 0 Å². The summed E-state index contributed by atoms with van der Waals surface area (Å²) in [6, 6.07) is 7.21. The first-order valence-electron chi connectivity index (χ1n) is 8.66. The third kappa shape index (κ3) is 3.45. The lowest BCUT2D eigenvalue weighted by molar-refractivity contribution is -0.144. The van der Waals surface area contributed by atoms with Crippen molar-refractivity contribution < 1.29 is 14.3 Å². The summed E-state index contributed by atoms with van der Waals surface area (Å²) in [5.41, 5.74) is 3.16. The van der Waals surface area contributed by atoms with E-state index in [1.807, 2.05) is 24.3 Å². The average Bonchev–Trinajstić information content (AvgIpc) is 3.07. The van der Waals surface area contributed by atoms with E-state index < -0.39 is 6.04 Å². The number of esters is 1. The summed E-state index contributed by atoms with van der Waals surface area (Å²) in [4.78, 5) is 24.6. The van der Waals surface area contributed by atoms with Gasteiger partial charge in [-0.2, -0.15) is 0 Å². The van der Waals surface area contributed by atoms with Crippen molar-refractivity contribution in [3.05, 3.63) is 46.7 Å². The Kier molecular flexibility index (Phi) is 4.88. The van der Waals surface area contributed by atoms with Crippen molar-refractivity contribution in [1.82, 2.24) is 10.6 Å². The Morgan fingerprint density at radius 1 is 1.21 bits per heavy atom. The first kappa shape index (κ1) is 16.6. The highest BCUT2D eigenvalue weighted by Gasteiger charge is 2.33. The average molecular weight is 328 g/mol. The second-order valence-corrected chi connectivity index (χ2v) is 6.48. The van der Waals surface area contributed by atoms with E-state index in [4.69, 9.17) is 4.74 Å². The van der Waals surface area contributed by atoms with Gasteiger partial charge < -0.3 is 15.4 Å². The molecular formula is C19H24N2O3. The zero-order chi connectivity index (χ0) is 17.1. The number of ether oxygens (including phenoxy) is 1. The largest absolute Gasteiger partial charge is 0.459 e. The van der Waals surface area contributed by atoms with Crippen LogP contribution in [0, 0.1) is 0 Å². The van der Waals surface area contributed by atoms with Gasteiger partial charge in [0.1, 0.15) is 6.10 Å². The summed E-state index contributed by atoms with van der Waals surface area (Å²) in [5, 5.41) is 5.53. The Balaban J connectivity index is 1.87. The molecule has 1 fully saturated rings. The zero-order valence-electron chi connectivity index (χ0n) is 14.2.